The van der Waals surface area contributed by atoms with Crippen molar-refractivity contribution in [2.45, 2.75) is 45.6 Å². The Kier molecular flexibility index (Phi) is 8.01. The van der Waals surface area contributed by atoms with E-state index in [0.29, 0.717) is 6.61 Å². The summed E-state index contributed by atoms with van der Waals surface area (Å²) in [5.41, 5.74) is 5.27. The number of benzene rings is 3. The van der Waals surface area contributed by atoms with Gasteiger partial charge in [0.1, 0.15) is 0 Å². The minimum Gasteiger partial charge on any atom is -0.466 e. The average molecular weight is 524 g/mol. The highest BCUT2D eigenvalue weighted by Gasteiger charge is 2.33. The number of hydrogen-bond donors (Lipinski definition) is 0. The molecule has 1 aliphatic rings. The number of carbonyl (C=O) groups is 1. The number of rotatable bonds is 8. The maximum absolute atomic E-state index is 13.2. The molecule has 4 aromatic rings. The van der Waals surface area contributed by atoms with E-state index < -0.39 is 0 Å². The lowest BCUT2D eigenvalue weighted by atomic mass is 9.80. The van der Waals surface area contributed by atoms with Crippen LogP contribution in [0.5, 0.6) is 0 Å². The van der Waals surface area contributed by atoms with Crippen LogP contribution in [0.2, 0.25) is 0 Å². The number of carbonyl (C=O) groups excluding carboxylic acids is 1. The molecule has 2 atom stereocenters. The van der Waals surface area contributed by atoms with Crippen molar-refractivity contribution < 1.29 is 9.53 Å². The highest BCUT2D eigenvalue weighted by atomic mass is 16.5. The van der Waals surface area contributed by atoms with Crippen LogP contribution in [-0.4, -0.2) is 34.8 Å². The third kappa shape index (κ3) is 5.70. The van der Waals surface area contributed by atoms with Crippen LogP contribution >= 0.6 is 0 Å². The van der Waals surface area contributed by atoms with E-state index in [9.17, 15) is 9.59 Å². The third-order valence-electron chi connectivity index (χ3n) is 7.98. The average Bonchev–Trinajstić information content (AvgIpc) is 3.35. The van der Waals surface area contributed by atoms with Crippen molar-refractivity contribution in [3.8, 4) is 5.69 Å². The smallest absolute Gasteiger partial charge is 0.333 e. The molecular formula is C33H37N3O3. The molecule has 39 heavy (non-hydrogen) atoms. The number of anilines is 1. The first kappa shape index (κ1) is 26.5. The zero-order chi connectivity index (χ0) is 27.4. The summed E-state index contributed by atoms with van der Waals surface area (Å²) in [4.78, 5) is 28.5. The number of hydrogen-bond acceptors (Lipinski definition) is 4. The van der Waals surface area contributed by atoms with Gasteiger partial charge in [-0.15, -0.1) is 0 Å². The van der Waals surface area contributed by atoms with E-state index in [1.54, 1.807) is 9.13 Å². The Bertz CT molecular complexity index is 1430. The van der Waals surface area contributed by atoms with Crippen molar-refractivity contribution in [1.82, 2.24) is 9.13 Å². The molecule has 1 aromatic heterocycles. The number of nitrogens with zero attached hydrogens (tertiary/aromatic N) is 3. The number of imidazole rings is 1. The van der Waals surface area contributed by atoms with Crippen LogP contribution in [0, 0.1) is 12.8 Å². The van der Waals surface area contributed by atoms with Crippen LogP contribution in [0.4, 0.5) is 5.69 Å². The second kappa shape index (κ2) is 11.8. The number of esters is 1. The monoisotopic (exact) mass is 523 g/mol. The molecule has 6 nitrogen and oxygen atoms in total. The molecule has 0 N–H and O–H groups in total. The first-order chi connectivity index (χ1) is 19.0. The highest BCUT2D eigenvalue weighted by molar-refractivity contribution is 5.78. The van der Waals surface area contributed by atoms with Gasteiger partial charge in [-0.3, -0.25) is 13.9 Å². The van der Waals surface area contributed by atoms with E-state index in [1.807, 2.05) is 68.7 Å². The Morgan fingerprint density at radius 2 is 1.51 bits per heavy atom. The lowest BCUT2D eigenvalue weighted by molar-refractivity contribution is -0.146. The second-order valence-corrected chi connectivity index (χ2v) is 10.4. The lowest BCUT2D eigenvalue weighted by Crippen LogP contribution is -2.37. The van der Waals surface area contributed by atoms with Crippen molar-refractivity contribution in [2.24, 2.45) is 5.92 Å². The third-order valence-corrected chi connectivity index (χ3v) is 7.98. The molecule has 1 saturated heterocycles. The predicted molar refractivity (Wildman–Crippen MR) is 156 cm³/mol. The van der Waals surface area contributed by atoms with Crippen molar-refractivity contribution in [3.63, 3.8) is 0 Å². The topological polar surface area (TPSA) is 56.5 Å². The summed E-state index contributed by atoms with van der Waals surface area (Å²) in [6.45, 7) is 8.11. The molecule has 0 aliphatic carbocycles. The van der Waals surface area contributed by atoms with Crippen LogP contribution in [-0.2, 0) is 9.53 Å². The fourth-order valence-corrected chi connectivity index (χ4v) is 5.70. The SMILES string of the molecule is CCOC(=O)C(c1ccccc1)C1CCN(c2ccc(-n3ccn([C@H](C)c4ccc(C)cc4)c3=O)cc2)CC1. The summed E-state index contributed by atoms with van der Waals surface area (Å²) in [7, 11) is 0. The minimum atomic E-state index is -0.228. The summed E-state index contributed by atoms with van der Waals surface area (Å²) < 4.78 is 8.92. The number of piperidine rings is 1. The Balaban J connectivity index is 1.27. The summed E-state index contributed by atoms with van der Waals surface area (Å²) in [5.74, 6) is -0.106. The van der Waals surface area contributed by atoms with Gasteiger partial charge in [0.15, 0.2) is 0 Å². The van der Waals surface area contributed by atoms with E-state index in [4.69, 9.17) is 4.74 Å². The molecule has 1 unspecified atom stereocenters. The Morgan fingerprint density at radius 3 is 2.15 bits per heavy atom. The molecule has 0 saturated carbocycles. The highest BCUT2D eigenvalue weighted by Crippen LogP contribution is 2.35. The minimum absolute atomic E-state index is 0.0470. The van der Waals surface area contributed by atoms with Gasteiger partial charge in [0.2, 0.25) is 0 Å². The molecule has 0 amide bonds. The summed E-state index contributed by atoms with van der Waals surface area (Å²) in [6, 6.07) is 26.5. The van der Waals surface area contributed by atoms with Gasteiger partial charge >= 0.3 is 11.7 Å². The van der Waals surface area contributed by atoms with Gasteiger partial charge in [-0.25, -0.2) is 4.79 Å². The molecule has 0 bridgehead atoms. The maximum Gasteiger partial charge on any atom is 0.333 e. The second-order valence-electron chi connectivity index (χ2n) is 10.4. The van der Waals surface area contributed by atoms with Gasteiger partial charge in [-0.05, 0) is 74.9 Å². The molecular weight excluding hydrogens is 486 g/mol. The molecule has 1 fully saturated rings. The van der Waals surface area contributed by atoms with Crippen LogP contribution in [0.25, 0.3) is 5.69 Å². The first-order valence-corrected chi connectivity index (χ1v) is 13.9. The van der Waals surface area contributed by atoms with E-state index in [0.717, 1.165) is 48.4 Å². The summed E-state index contributed by atoms with van der Waals surface area (Å²) in [5, 5.41) is 0. The zero-order valence-electron chi connectivity index (χ0n) is 23.0. The van der Waals surface area contributed by atoms with Crippen LogP contribution in [0.1, 0.15) is 55.3 Å². The summed E-state index contributed by atoms with van der Waals surface area (Å²) >= 11 is 0. The number of aromatic nitrogens is 2. The Hall–Kier alpha value is -4.06. The molecule has 3 aromatic carbocycles. The zero-order valence-corrected chi connectivity index (χ0v) is 23.0. The van der Waals surface area contributed by atoms with E-state index in [2.05, 4.69) is 48.2 Å². The van der Waals surface area contributed by atoms with Gasteiger partial charge in [-0.2, -0.15) is 0 Å². The fraction of sp³-hybridized carbons (Fsp3) is 0.333. The quantitative estimate of drug-likeness (QED) is 0.261. The van der Waals surface area contributed by atoms with Gasteiger partial charge in [0.25, 0.3) is 0 Å². The van der Waals surface area contributed by atoms with Crippen LogP contribution in [0.15, 0.2) is 96.1 Å². The first-order valence-electron chi connectivity index (χ1n) is 13.9. The molecule has 6 heteroatoms. The van der Waals surface area contributed by atoms with E-state index in [-0.39, 0.29) is 29.5 Å². The number of aryl methyl sites for hydroxylation is 1. The van der Waals surface area contributed by atoms with Crippen molar-refractivity contribution in [2.75, 3.05) is 24.6 Å². The van der Waals surface area contributed by atoms with E-state index in [1.165, 1.54) is 5.56 Å². The van der Waals surface area contributed by atoms with Gasteiger partial charge < -0.3 is 9.64 Å². The van der Waals surface area contributed by atoms with Crippen LogP contribution in [0.3, 0.4) is 0 Å². The molecule has 2 heterocycles. The fourth-order valence-electron chi connectivity index (χ4n) is 5.70. The molecule has 0 spiro atoms. The molecule has 5 rings (SSSR count). The molecule has 1 aliphatic heterocycles. The van der Waals surface area contributed by atoms with Crippen molar-refractivity contribution >= 4 is 11.7 Å². The number of ether oxygens (including phenoxy) is 1. The van der Waals surface area contributed by atoms with Gasteiger partial charge in [0.05, 0.1) is 24.3 Å². The molecule has 202 valence electrons. The largest absolute Gasteiger partial charge is 0.466 e. The van der Waals surface area contributed by atoms with Crippen molar-refractivity contribution in [1.29, 1.82) is 0 Å². The Morgan fingerprint density at radius 1 is 0.872 bits per heavy atom. The Labute approximate surface area is 230 Å². The summed E-state index contributed by atoms with van der Waals surface area (Å²) in [6.07, 6.45) is 5.53. The maximum atomic E-state index is 13.2. The molecule has 0 radical (unpaired) electrons. The van der Waals surface area contributed by atoms with E-state index >= 15 is 0 Å². The normalized spacial score (nSPS) is 15.6. The van der Waals surface area contributed by atoms with Crippen LogP contribution < -0.4 is 10.6 Å². The lowest BCUT2D eigenvalue weighted by Gasteiger charge is -2.36. The van der Waals surface area contributed by atoms with Crippen molar-refractivity contribution in [3.05, 3.63) is 118 Å². The predicted octanol–water partition coefficient (Wildman–Crippen LogP) is 6.12. The van der Waals surface area contributed by atoms with Gasteiger partial charge in [-0.1, -0.05) is 60.2 Å². The standard InChI is InChI=1S/C33H37N3O3/c1-4-39-32(37)31(27-8-6-5-7-9-27)28-18-20-34(21-19-28)29-14-16-30(17-15-29)36-23-22-35(33(36)38)25(3)26-12-10-24(2)11-13-26/h5-17,22-23,25,28,31H,4,18-21H2,1-3H3/t25-,31?/m1/s1. The van der Waals surface area contributed by atoms with Gasteiger partial charge in [0, 0.05) is 31.2 Å².